The zero-order valence-electron chi connectivity index (χ0n) is 11.6. The number of anilines is 1. The molecule has 6 heteroatoms. The van der Waals surface area contributed by atoms with Gasteiger partial charge in [-0.15, -0.1) is 0 Å². The molecule has 5 nitrogen and oxygen atoms in total. The third-order valence-electron chi connectivity index (χ3n) is 2.69. The number of aliphatic hydroxyl groups excluding tert-OH is 1. The second kappa shape index (κ2) is 6.88. The van der Waals surface area contributed by atoms with Gasteiger partial charge in [0.25, 0.3) is 5.91 Å². The number of carbonyl (C=O) groups is 1. The fraction of sp³-hybridized carbons (Fsp3) is 0.200. The summed E-state index contributed by atoms with van der Waals surface area (Å²) in [5.41, 5.74) is 1.46. The topological polar surface area (TPSA) is 71.5 Å². The highest BCUT2D eigenvalue weighted by Gasteiger charge is 2.10. The Hall–Kier alpha value is -2.36. The summed E-state index contributed by atoms with van der Waals surface area (Å²) >= 11 is 1.25. The van der Waals surface area contributed by atoms with Gasteiger partial charge in [0.05, 0.1) is 18.2 Å². The monoisotopic (exact) mass is 302 g/mol. The van der Waals surface area contributed by atoms with Crippen molar-refractivity contribution in [3.8, 4) is 17.6 Å². The third-order valence-corrected chi connectivity index (χ3v) is 3.52. The molecule has 1 heterocycles. The van der Waals surface area contributed by atoms with Crippen LogP contribution in [0.1, 0.15) is 20.8 Å². The van der Waals surface area contributed by atoms with Crippen LogP contribution in [0.4, 0.5) is 5.13 Å². The minimum absolute atomic E-state index is 0.206. The molecular weight excluding hydrogens is 288 g/mol. The first kappa shape index (κ1) is 15.0. The highest BCUT2D eigenvalue weighted by Crippen LogP contribution is 2.21. The maximum atomic E-state index is 12.1. The van der Waals surface area contributed by atoms with Crippen LogP contribution < -0.4 is 10.1 Å². The molecule has 0 saturated heterocycles. The maximum Gasteiger partial charge on any atom is 0.257 e. The predicted octanol–water partition coefficient (Wildman–Crippen LogP) is 2.06. The first-order valence-electron chi connectivity index (χ1n) is 6.15. The average molecular weight is 302 g/mol. The number of carbonyl (C=O) groups excluding carboxylic acids is 1. The van der Waals surface area contributed by atoms with Crippen molar-refractivity contribution in [1.29, 1.82) is 0 Å². The van der Waals surface area contributed by atoms with E-state index in [0.29, 0.717) is 21.3 Å². The van der Waals surface area contributed by atoms with Gasteiger partial charge in [-0.2, -0.15) is 0 Å². The second-order valence-corrected chi connectivity index (χ2v) is 5.16. The summed E-state index contributed by atoms with van der Waals surface area (Å²) in [7, 11) is 1.57. The van der Waals surface area contributed by atoms with E-state index in [1.54, 1.807) is 25.4 Å². The molecule has 108 valence electrons. The molecule has 2 N–H and O–H groups in total. The van der Waals surface area contributed by atoms with E-state index in [-0.39, 0.29) is 12.5 Å². The molecule has 2 aromatic rings. The molecule has 0 atom stereocenters. The smallest absolute Gasteiger partial charge is 0.257 e. The summed E-state index contributed by atoms with van der Waals surface area (Å²) in [6.45, 7) is 1.70. The Balaban J connectivity index is 2.12. The lowest BCUT2D eigenvalue weighted by molar-refractivity contribution is 0.102. The minimum Gasteiger partial charge on any atom is -0.496 e. The van der Waals surface area contributed by atoms with Crippen LogP contribution in [0.2, 0.25) is 0 Å². The molecule has 1 aromatic heterocycles. The SMILES string of the molecule is COc1cc(C(=O)Nc2ncc(C#CCO)s2)ccc1C. The van der Waals surface area contributed by atoms with Crippen LogP contribution in [-0.2, 0) is 0 Å². The van der Waals surface area contributed by atoms with Crippen LogP contribution in [0.25, 0.3) is 0 Å². The molecular formula is C15H14N2O3S. The van der Waals surface area contributed by atoms with Crippen molar-refractivity contribution in [2.45, 2.75) is 6.92 Å². The average Bonchev–Trinajstić information content (AvgIpc) is 2.93. The Kier molecular flexibility index (Phi) is 4.93. The minimum atomic E-state index is -0.260. The van der Waals surface area contributed by atoms with Gasteiger partial charge in [-0.25, -0.2) is 4.98 Å². The van der Waals surface area contributed by atoms with E-state index >= 15 is 0 Å². The van der Waals surface area contributed by atoms with Crippen molar-refractivity contribution in [2.75, 3.05) is 19.0 Å². The van der Waals surface area contributed by atoms with Gasteiger partial charge in [-0.1, -0.05) is 29.2 Å². The molecule has 0 unspecified atom stereocenters. The number of benzene rings is 1. The quantitative estimate of drug-likeness (QED) is 0.851. The number of hydrogen-bond donors (Lipinski definition) is 2. The summed E-state index contributed by atoms with van der Waals surface area (Å²) in [5.74, 6) is 5.67. The third kappa shape index (κ3) is 3.81. The van der Waals surface area contributed by atoms with E-state index in [2.05, 4.69) is 22.1 Å². The molecule has 2 rings (SSSR count). The summed E-state index contributed by atoms with van der Waals surface area (Å²) in [6, 6.07) is 5.24. The summed E-state index contributed by atoms with van der Waals surface area (Å²) < 4.78 is 5.20. The zero-order valence-corrected chi connectivity index (χ0v) is 12.5. The van der Waals surface area contributed by atoms with Gasteiger partial charge in [-0.3, -0.25) is 10.1 Å². The normalized spacial score (nSPS) is 9.67. The number of aromatic nitrogens is 1. The molecule has 0 bridgehead atoms. The molecule has 0 spiro atoms. The van der Waals surface area contributed by atoms with Crippen molar-refractivity contribution in [3.05, 3.63) is 40.4 Å². The van der Waals surface area contributed by atoms with Crippen molar-refractivity contribution in [2.24, 2.45) is 0 Å². The van der Waals surface area contributed by atoms with Gasteiger partial charge in [-0.05, 0) is 24.6 Å². The van der Waals surface area contributed by atoms with E-state index in [1.807, 2.05) is 13.0 Å². The number of aryl methyl sites for hydroxylation is 1. The molecule has 0 saturated carbocycles. The van der Waals surface area contributed by atoms with E-state index in [4.69, 9.17) is 9.84 Å². The zero-order chi connectivity index (χ0) is 15.2. The summed E-state index contributed by atoms with van der Waals surface area (Å²) in [5, 5.41) is 11.8. The Morgan fingerprint density at radius 3 is 3.05 bits per heavy atom. The van der Waals surface area contributed by atoms with Crippen molar-refractivity contribution < 1.29 is 14.6 Å². The van der Waals surface area contributed by atoms with Crippen LogP contribution in [0.5, 0.6) is 5.75 Å². The van der Waals surface area contributed by atoms with Crippen LogP contribution in [0.15, 0.2) is 24.4 Å². The van der Waals surface area contributed by atoms with Crippen molar-refractivity contribution in [1.82, 2.24) is 4.98 Å². The molecule has 21 heavy (non-hydrogen) atoms. The van der Waals surface area contributed by atoms with Crippen LogP contribution in [0.3, 0.4) is 0 Å². The van der Waals surface area contributed by atoms with E-state index in [0.717, 1.165) is 5.56 Å². The maximum absolute atomic E-state index is 12.1. The molecule has 0 aliphatic carbocycles. The number of methoxy groups -OCH3 is 1. The lowest BCUT2D eigenvalue weighted by atomic mass is 10.1. The fourth-order valence-corrected chi connectivity index (χ4v) is 2.33. The molecule has 0 fully saturated rings. The first-order valence-corrected chi connectivity index (χ1v) is 6.97. The molecule has 1 amide bonds. The Labute approximate surface area is 126 Å². The number of nitrogens with zero attached hydrogens (tertiary/aromatic N) is 1. The van der Waals surface area contributed by atoms with Gasteiger partial charge >= 0.3 is 0 Å². The number of rotatable bonds is 3. The number of hydrogen-bond acceptors (Lipinski definition) is 5. The van der Waals surface area contributed by atoms with Crippen LogP contribution >= 0.6 is 11.3 Å². The van der Waals surface area contributed by atoms with Crippen molar-refractivity contribution >= 4 is 22.4 Å². The van der Waals surface area contributed by atoms with Gasteiger partial charge in [0.1, 0.15) is 12.4 Å². The largest absolute Gasteiger partial charge is 0.496 e. The molecule has 1 aromatic carbocycles. The molecule has 0 radical (unpaired) electrons. The number of thiazole rings is 1. The summed E-state index contributed by atoms with van der Waals surface area (Å²) in [6.07, 6.45) is 1.55. The number of aliphatic hydroxyl groups is 1. The predicted molar refractivity (Wildman–Crippen MR) is 81.8 cm³/mol. The van der Waals surface area contributed by atoms with E-state index < -0.39 is 0 Å². The number of amides is 1. The fourth-order valence-electron chi connectivity index (χ4n) is 1.65. The second-order valence-electron chi connectivity index (χ2n) is 4.13. The lowest BCUT2D eigenvalue weighted by Crippen LogP contribution is -2.11. The Bertz CT molecular complexity index is 713. The van der Waals surface area contributed by atoms with Gasteiger partial charge in [0, 0.05) is 5.56 Å². The van der Waals surface area contributed by atoms with Gasteiger partial charge in [0.2, 0.25) is 0 Å². The number of ether oxygens (including phenoxy) is 1. The van der Waals surface area contributed by atoms with Gasteiger partial charge < -0.3 is 9.84 Å². The number of nitrogens with one attached hydrogen (secondary N) is 1. The Morgan fingerprint density at radius 1 is 1.52 bits per heavy atom. The molecule has 0 aliphatic heterocycles. The Morgan fingerprint density at radius 2 is 2.33 bits per heavy atom. The first-order chi connectivity index (χ1) is 10.1. The lowest BCUT2D eigenvalue weighted by Gasteiger charge is -2.07. The summed E-state index contributed by atoms with van der Waals surface area (Å²) in [4.78, 5) is 16.9. The standard InChI is InChI=1S/C15H14N2O3S/c1-10-5-6-11(8-13(10)20-2)14(19)17-15-16-9-12(21-15)4-3-7-18/h5-6,8-9,18H,7H2,1-2H3,(H,16,17,19). The molecule has 0 aliphatic rings. The van der Waals surface area contributed by atoms with Crippen molar-refractivity contribution in [3.63, 3.8) is 0 Å². The van der Waals surface area contributed by atoms with Crippen LogP contribution in [0, 0.1) is 18.8 Å². The van der Waals surface area contributed by atoms with Crippen LogP contribution in [-0.4, -0.2) is 29.7 Å². The van der Waals surface area contributed by atoms with E-state index in [9.17, 15) is 4.79 Å². The van der Waals surface area contributed by atoms with E-state index in [1.165, 1.54) is 11.3 Å². The van der Waals surface area contributed by atoms with Gasteiger partial charge in [0.15, 0.2) is 5.13 Å². The highest BCUT2D eigenvalue weighted by molar-refractivity contribution is 7.16. The highest BCUT2D eigenvalue weighted by atomic mass is 32.1.